The SMILES string of the molecule is C=N/C=C(/Cl)C(=NCNc1cc(C)c(C2CCNCC2)cc1OC1CC1)NC(C=NC)=C(N)S(=O)(=O)C(C)C. The molecule has 10 nitrogen and oxygen atoms in total. The summed E-state index contributed by atoms with van der Waals surface area (Å²) in [5.74, 6) is 1.46. The fourth-order valence-corrected chi connectivity index (χ4v) is 5.31. The molecular weight excluding hydrogens is 538 g/mol. The summed E-state index contributed by atoms with van der Waals surface area (Å²) in [6, 6.07) is 4.27. The van der Waals surface area contributed by atoms with Crippen molar-refractivity contribution in [1.29, 1.82) is 0 Å². The number of ether oxygens (including phenoxy) is 1. The number of amidine groups is 1. The Labute approximate surface area is 236 Å². The molecule has 214 valence electrons. The lowest BCUT2D eigenvalue weighted by atomic mass is 9.87. The van der Waals surface area contributed by atoms with Gasteiger partial charge in [-0.25, -0.2) is 13.4 Å². The number of nitrogens with two attached hydrogens (primary N) is 1. The zero-order valence-corrected chi connectivity index (χ0v) is 24.7. The summed E-state index contributed by atoms with van der Waals surface area (Å²) < 4.78 is 31.7. The van der Waals surface area contributed by atoms with E-state index >= 15 is 0 Å². The second-order valence-electron chi connectivity index (χ2n) is 9.93. The number of aryl methyl sites for hydroxylation is 1. The average Bonchev–Trinajstić information content (AvgIpc) is 3.73. The van der Waals surface area contributed by atoms with Crippen LogP contribution in [0.2, 0.25) is 0 Å². The van der Waals surface area contributed by atoms with Gasteiger partial charge in [0.2, 0.25) is 0 Å². The smallest absolute Gasteiger partial charge is 0.197 e. The standard InChI is InChI=1S/C27H40ClN7O3S/c1-17(2)39(36,37)26(29)24(15-31-5)35-27(22(28)14-30-4)34-16-33-23-12-18(3)21(19-8-10-32-11-9-19)13-25(23)38-20-6-7-20/h12-15,17,19-20,32-33H,4,6-11,16,29H2,1-3,5H3,(H,34,35)/b22-14+,26-24?,31-15?. The predicted octanol–water partition coefficient (Wildman–Crippen LogP) is 3.79. The summed E-state index contributed by atoms with van der Waals surface area (Å²) in [4.78, 5) is 12.2. The molecule has 0 aromatic heterocycles. The van der Waals surface area contributed by atoms with Crippen LogP contribution in [-0.2, 0) is 9.84 Å². The number of halogens is 1. The van der Waals surface area contributed by atoms with E-state index < -0.39 is 15.1 Å². The first-order chi connectivity index (χ1) is 18.6. The van der Waals surface area contributed by atoms with Crippen molar-refractivity contribution in [3.8, 4) is 5.75 Å². The quantitative estimate of drug-likeness (QED) is 0.219. The summed E-state index contributed by atoms with van der Waals surface area (Å²) in [7, 11) is -2.25. The Morgan fingerprint density at radius 2 is 1.97 bits per heavy atom. The first kappa shape index (κ1) is 30.6. The van der Waals surface area contributed by atoms with Gasteiger partial charge in [0.15, 0.2) is 14.9 Å². The van der Waals surface area contributed by atoms with E-state index in [9.17, 15) is 8.42 Å². The molecule has 1 aliphatic heterocycles. The average molecular weight is 578 g/mol. The highest BCUT2D eigenvalue weighted by molar-refractivity contribution is 7.95. The molecule has 3 rings (SSSR count). The number of rotatable bonds is 12. The zero-order chi connectivity index (χ0) is 28.6. The number of piperidine rings is 1. The van der Waals surface area contributed by atoms with Crippen molar-refractivity contribution in [1.82, 2.24) is 10.6 Å². The third kappa shape index (κ3) is 8.30. The van der Waals surface area contributed by atoms with Crippen molar-refractivity contribution in [2.75, 3.05) is 32.1 Å². The Morgan fingerprint density at radius 1 is 1.28 bits per heavy atom. The monoisotopic (exact) mass is 577 g/mol. The number of sulfone groups is 1. The highest BCUT2D eigenvalue weighted by Crippen LogP contribution is 2.38. The second kappa shape index (κ2) is 14.0. The van der Waals surface area contributed by atoms with Crippen molar-refractivity contribution in [3.63, 3.8) is 0 Å². The van der Waals surface area contributed by atoms with Gasteiger partial charge in [-0.1, -0.05) is 11.6 Å². The summed E-state index contributed by atoms with van der Waals surface area (Å²) in [5.41, 5.74) is 9.44. The van der Waals surface area contributed by atoms with Crippen LogP contribution in [0.25, 0.3) is 0 Å². The lowest BCUT2D eigenvalue weighted by Gasteiger charge is -2.26. The van der Waals surface area contributed by atoms with Crippen LogP contribution in [0.3, 0.4) is 0 Å². The van der Waals surface area contributed by atoms with E-state index in [0.717, 1.165) is 50.2 Å². The van der Waals surface area contributed by atoms with Gasteiger partial charge < -0.3 is 26.4 Å². The molecular formula is C27H40ClN7O3S. The van der Waals surface area contributed by atoms with Gasteiger partial charge in [0.25, 0.3) is 0 Å². The molecule has 2 fully saturated rings. The molecule has 1 aromatic rings. The molecule has 0 radical (unpaired) electrons. The van der Waals surface area contributed by atoms with Crippen LogP contribution >= 0.6 is 11.6 Å². The Morgan fingerprint density at radius 3 is 2.56 bits per heavy atom. The number of nitrogens with zero attached hydrogens (tertiary/aromatic N) is 3. The minimum atomic E-state index is -3.76. The molecule has 5 N–H and O–H groups in total. The lowest BCUT2D eigenvalue weighted by molar-refractivity contribution is 0.303. The van der Waals surface area contributed by atoms with Crippen molar-refractivity contribution in [2.45, 2.75) is 63.7 Å². The Balaban J connectivity index is 1.90. The summed E-state index contributed by atoms with van der Waals surface area (Å²) in [6.45, 7) is 10.8. The topological polar surface area (TPSA) is 143 Å². The highest BCUT2D eigenvalue weighted by atomic mass is 35.5. The van der Waals surface area contributed by atoms with Crippen LogP contribution in [0, 0.1) is 6.92 Å². The minimum Gasteiger partial charge on any atom is -0.488 e. The van der Waals surface area contributed by atoms with E-state index in [0.29, 0.717) is 5.92 Å². The number of benzene rings is 1. The fourth-order valence-electron chi connectivity index (χ4n) is 4.22. The molecule has 1 heterocycles. The van der Waals surface area contributed by atoms with Gasteiger partial charge in [-0.2, -0.15) is 0 Å². The number of hydrogen-bond acceptors (Lipinski definition) is 9. The van der Waals surface area contributed by atoms with Gasteiger partial charge in [0, 0.05) is 19.5 Å². The molecule has 1 aromatic carbocycles. The number of allylic oxidation sites excluding steroid dienone is 1. The first-order valence-corrected chi connectivity index (χ1v) is 15.1. The number of aliphatic imine (C=N–C) groups is 3. The Kier molecular flexibility index (Phi) is 11.0. The number of nitrogens with one attached hydrogen (secondary N) is 3. The maximum atomic E-state index is 12.7. The van der Waals surface area contributed by atoms with Gasteiger partial charge in [-0.15, -0.1) is 0 Å². The van der Waals surface area contributed by atoms with E-state index in [1.165, 1.54) is 30.6 Å². The summed E-state index contributed by atoms with van der Waals surface area (Å²) in [5, 5.41) is 8.72. The molecule has 0 bridgehead atoms. The third-order valence-corrected chi connectivity index (χ3v) is 8.96. The van der Waals surface area contributed by atoms with Gasteiger partial charge >= 0.3 is 0 Å². The van der Waals surface area contributed by atoms with E-state index in [1.54, 1.807) is 13.8 Å². The highest BCUT2D eigenvalue weighted by Gasteiger charge is 2.27. The Bertz CT molecular complexity index is 1260. The molecule has 0 spiro atoms. The zero-order valence-electron chi connectivity index (χ0n) is 23.1. The molecule has 2 aliphatic rings. The van der Waals surface area contributed by atoms with Gasteiger partial charge in [-0.05, 0) is 95.4 Å². The lowest BCUT2D eigenvalue weighted by Crippen LogP contribution is -2.32. The maximum Gasteiger partial charge on any atom is 0.197 e. The van der Waals surface area contributed by atoms with Crippen LogP contribution in [-0.4, -0.2) is 65.3 Å². The van der Waals surface area contributed by atoms with Crippen LogP contribution in [0.15, 0.2) is 49.1 Å². The van der Waals surface area contributed by atoms with E-state index in [2.05, 4.69) is 56.7 Å². The fraction of sp³-hybridized carbons (Fsp3) is 0.519. The summed E-state index contributed by atoms with van der Waals surface area (Å²) >= 11 is 6.41. The Hall–Kier alpha value is -2.89. The van der Waals surface area contributed by atoms with Gasteiger partial charge in [0.05, 0.1) is 22.7 Å². The van der Waals surface area contributed by atoms with Gasteiger partial charge in [0.1, 0.15) is 23.3 Å². The van der Waals surface area contributed by atoms with Crippen LogP contribution in [0.1, 0.15) is 56.6 Å². The van der Waals surface area contributed by atoms with Crippen molar-refractivity contribution in [2.24, 2.45) is 20.7 Å². The molecule has 1 aliphatic carbocycles. The van der Waals surface area contributed by atoms with E-state index in [1.807, 2.05) is 0 Å². The number of anilines is 1. The van der Waals surface area contributed by atoms with Crippen LogP contribution in [0.4, 0.5) is 5.69 Å². The largest absolute Gasteiger partial charge is 0.488 e. The van der Waals surface area contributed by atoms with Crippen molar-refractivity contribution >= 4 is 45.9 Å². The van der Waals surface area contributed by atoms with E-state index in [-0.39, 0.29) is 34.4 Å². The van der Waals surface area contributed by atoms with E-state index in [4.69, 9.17) is 22.1 Å². The van der Waals surface area contributed by atoms with Crippen LogP contribution < -0.4 is 26.4 Å². The third-order valence-electron chi connectivity index (χ3n) is 6.61. The number of hydrogen-bond donors (Lipinski definition) is 4. The van der Waals surface area contributed by atoms with Crippen molar-refractivity contribution < 1.29 is 13.2 Å². The predicted molar refractivity (Wildman–Crippen MR) is 162 cm³/mol. The minimum absolute atomic E-state index is 0.0560. The molecule has 39 heavy (non-hydrogen) atoms. The molecule has 0 unspecified atom stereocenters. The molecule has 0 amide bonds. The molecule has 1 saturated heterocycles. The molecule has 12 heteroatoms. The normalized spacial score (nSPS) is 18.3. The maximum absolute atomic E-state index is 12.7. The summed E-state index contributed by atoms with van der Waals surface area (Å²) in [6.07, 6.45) is 7.15. The first-order valence-electron chi connectivity index (χ1n) is 13.1. The molecule has 1 saturated carbocycles. The second-order valence-corrected chi connectivity index (χ2v) is 12.8. The van der Waals surface area contributed by atoms with Crippen LogP contribution in [0.5, 0.6) is 5.75 Å². The molecule has 0 atom stereocenters. The van der Waals surface area contributed by atoms with Crippen molar-refractivity contribution in [3.05, 3.63) is 45.2 Å². The van der Waals surface area contributed by atoms with Gasteiger partial charge in [-0.3, -0.25) is 9.98 Å².